The van der Waals surface area contributed by atoms with Gasteiger partial charge in [-0.25, -0.2) is 8.42 Å². The lowest BCUT2D eigenvalue weighted by Crippen LogP contribution is -2.35. The largest absolute Gasteiger partial charge is 0.490 e. The zero-order valence-electron chi connectivity index (χ0n) is 19.1. The Balaban J connectivity index is 1.74. The Labute approximate surface area is 198 Å². The number of alkyl halides is 2. The molecule has 0 aromatic heterocycles. The topological polar surface area (TPSA) is 84.9 Å². The molecule has 0 atom stereocenters. The molecule has 10 heteroatoms. The number of carbonyl (C=O) groups excluding carboxylic acids is 1. The fraction of sp³-hybridized carbons (Fsp3) is 0.375. The lowest BCUT2D eigenvalue weighted by atomic mass is 10.1. The van der Waals surface area contributed by atoms with Gasteiger partial charge in [-0.2, -0.15) is 13.1 Å². The Morgan fingerprint density at radius 3 is 2.53 bits per heavy atom. The highest BCUT2D eigenvalue weighted by Crippen LogP contribution is 2.30. The number of carbonyl (C=O) groups is 1. The van der Waals surface area contributed by atoms with Gasteiger partial charge in [-0.15, -0.1) is 0 Å². The zero-order valence-corrected chi connectivity index (χ0v) is 19.9. The van der Waals surface area contributed by atoms with Gasteiger partial charge in [-0.3, -0.25) is 4.79 Å². The fourth-order valence-corrected chi connectivity index (χ4v) is 5.13. The summed E-state index contributed by atoms with van der Waals surface area (Å²) in [5.74, 6) is -0.431. The molecule has 0 spiro atoms. The first-order valence-electron chi connectivity index (χ1n) is 11.0. The normalized spacial score (nSPS) is 15.0. The molecule has 0 radical (unpaired) electrons. The highest BCUT2D eigenvalue weighted by molar-refractivity contribution is 7.89. The predicted molar refractivity (Wildman–Crippen MR) is 126 cm³/mol. The van der Waals surface area contributed by atoms with Crippen LogP contribution in [0.3, 0.4) is 0 Å². The molecule has 0 bridgehead atoms. The highest BCUT2D eigenvalue weighted by Gasteiger charge is 2.26. The van der Waals surface area contributed by atoms with Crippen molar-refractivity contribution in [3.63, 3.8) is 0 Å². The first-order chi connectivity index (χ1) is 16.2. The van der Waals surface area contributed by atoms with Gasteiger partial charge in [-0.05, 0) is 68.2 Å². The predicted octanol–water partition coefficient (Wildman–Crippen LogP) is 4.82. The summed E-state index contributed by atoms with van der Waals surface area (Å²) in [4.78, 5) is 12.6. The summed E-state index contributed by atoms with van der Waals surface area (Å²) in [6.45, 7) is 1.74. The van der Waals surface area contributed by atoms with Gasteiger partial charge in [0, 0.05) is 24.9 Å². The fourth-order valence-electron chi connectivity index (χ4n) is 3.59. The van der Waals surface area contributed by atoms with E-state index in [1.54, 1.807) is 26.0 Å². The van der Waals surface area contributed by atoms with E-state index >= 15 is 0 Å². The second-order valence-corrected chi connectivity index (χ2v) is 9.72. The monoisotopic (exact) mass is 494 g/mol. The summed E-state index contributed by atoms with van der Waals surface area (Å²) < 4.78 is 62.3. The average Bonchev–Trinajstić information content (AvgIpc) is 2.81. The van der Waals surface area contributed by atoms with Crippen molar-refractivity contribution >= 4 is 27.7 Å². The van der Waals surface area contributed by atoms with Crippen LogP contribution in [0.1, 0.15) is 37.3 Å². The van der Waals surface area contributed by atoms with Gasteiger partial charge in [0.1, 0.15) is 0 Å². The number of halogens is 2. The summed E-state index contributed by atoms with van der Waals surface area (Å²) >= 11 is 0. The number of hydrogen-bond donors (Lipinski definition) is 1. The average molecular weight is 495 g/mol. The van der Waals surface area contributed by atoms with Crippen LogP contribution in [-0.4, -0.2) is 44.9 Å². The van der Waals surface area contributed by atoms with Crippen molar-refractivity contribution in [3.05, 3.63) is 53.6 Å². The molecule has 1 heterocycles. The molecule has 2 aromatic carbocycles. The molecule has 1 aliphatic rings. The van der Waals surface area contributed by atoms with E-state index in [-0.39, 0.29) is 23.0 Å². The van der Waals surface area contributed by atoms with Crippen molar-refractivity contribution in [1.29, 1.82) is 0 Å². The standard InChI is InChI=1S/C24H28F2N2O5S/c1-3-32-22-15-18(8-11-21(22)33-24(25)26)9-12-23(29)27-20-16-19(10-7-17(20)2)34(30,31)28-13-5-4-6-14-28/h7-12,15-16,24H,3-6,13-14H2,1-2H3,(H,27,29)/b12-9+. The third-order valence-electron chi connectivity index (χ3n) is 5.33. The maximum atomic E-state index is 13.0. The minimum Gasteiger partial charge on any atom is -0.490 e. The number of hydrogen-bond acceptors (Lipinski definition) is 5. The second kappa shape index (κ2) is 11.4. The smallest absolute Gasteiger partial charge is 0.387 e. The number of anilines is 1. The van der Waals surface area contributed by atoms with Crippen LogP contribution < -0.4 is 14.8 Å². The quantitative estimate of drug-likeness (QED) is 0.505. The number of amides is 1. The Hall–Kier alpha value is -2.98. The van der Waals surface area contributed by atoms with Crippen LogP contribution in [0, 0.1) is 6.92 Å². The number of nitrogens with zero attached hydrogens (tertiary/aromatic N) is 1. The molecule has 1 N–H and O–H groups in total. The Morgan fingerprint density at radius 1 is 1.12 bits per heavy atom. The molecule has 3 rings (SSSR count). The van der Waals surface area contributed by atoms with E-state index in [2.05, 4.69) is 10.1 Å². The minimum atomic E-state index is -3.63. The van der Waals surface area contributed by atoms with Crippen LogP contribution in [0.4, 0.5) is 14.5 Å². The summed E-state index contributed by atoms with van der Waals surface area (Å²) in [7, 11) is -3.63. The van der Waals surface area contributed by atoms with E-state index in [0.717, 1.165) is 19.3 Å². The maximum absolute atomic E-state index is 13.0. The molecule has 0 aliphatic carbocycles. The lowest BCUT2D eigenvalue weighted by Gasteiger charge is -2.26. The number of rotatable bonds is 9. The van der Waals surface area contributed by atoms with Crippen molar-refractivity contribution in [2.75, 3.05) is 25.0 Å². The first-order valence-corrected chi connectivity index (χ1v) is 12.5. The Bertz CT molecular complexity index is 1150. The third-order valence-corrected chi connectivity index (χ3v) is 7.23. The summed E-state index contributed by atoms with van der Waals surface area (Å²) in [6, 6.07) is 9.01. The molecule has 1 aliphatic heterocycles. The van der Waals surface area contributed by atoms with Crippen molar-refractivity contribution in [2.45, 2.75) is 44.6 Å². The van der Waals surface area contributed by atoms with Gasteiger partial charge < -0.3 is 14.8 Å². The van der Waals surface area contributed by atoms with Crippen LogP contribution >= 0.6 is 0 Å². The first kappa shape index (κ1) is 25.6. The van der Waals surface area contributed by atoms with Gasteiger partial charge in [0.05, 0.1) is 11.5 Å². The lowest BCUT2D eigenvalue weighted by molar-refractivity contribution is -0.111. The van der Waals surface area contributed by atoms with Crippen molar-refractivity contribution in [2.24, 2.45) is 0 Å². The van der Waals surface area contributed by atoms with E-state index < -0.39 is 22.5 Å². The molecule has 184 valence electrons. The van der Waals surface area contributed by atoms with Crippen LogP contribution in [-0.2, 0) is 14.8 Å². The summed E-state index contributed by atoms with van der Waals surface area (Å²) in [5, 5.41) is 2.71. The summed E-state index contributed by atoms with van der Waals surface area (Å²) in [6.07, 6.45) is 5.44. The van der Waals surface area contributed by atoms with Gasteiger partial charge in [-0.1, -0.05) is 18.6 Å². The second-order valence-electron chi connectivity index (χ2n) is 7.78. The molecule has 1 saturated heterocycles. The number of piperidine rings is 1. The highest BCUT2D eigenvalue weighted by atomic mass is 32.2. The molecule has 34 heavy (non-hydrogen) atoms. The molecule has 1 fully saturated rings. The SMILES string of the molecule is CCOc1cc(/C=C/C(=O)Nc2cc(S(=O)(=O)N3CCCCC3)ccc2C)ccc1OC(F)F. The maximum Gasteiger partial charge on any atom is 0.387 e. The van der Waals surface area contributed by atoms with E-state index in [0.29, 0.717) is 29.9 Å². The van der Waals surface area contributed by atoms with E-state index in [1.165, 1.54) is 40.7 Å². The van der Waals surface area contributed by atoms with Crippen LogP contribution in [0.5, 0.6) is 11.5 Å². The molecule has 1 amide bonds. The van der Waals surface area contributed by atoms with Crippen molar-refractivity contribution < 1.29 is 31.5 Å². The molecule has 2 aromatic rings. The van der Waals surface area contributed by atoms with E-state index in [4.69, 9.17) is 4.74 Å². The van der Waals surface area contributed by atoms with E-state index in [9.17, 15) is 22.0 Å². The van der Waals surface area contributed by atoms with Crippen LogP contribution in [0.25, 0.3) is 6.08 Å². The number of ether oxygens (including phenoxy) is 2. The molecule has 7 nitrogen and oxygen atoms in total. The summed E-state index contributed by atoms with van der Waals surface area (Å²) in [5.41, 5.74) is 1.65. The van der Waals surface area contributed by atoms with Gasteiger partial charge >= 0.3 is 6.61 Å². The molecule has 0 unspecified atom stereocenters. The van der Waals surface area contributed by atoms with Crippen molar-refractivity contribution in [1.82, 2.24) is 4.31 Å². The minimum absolute atomic E-state index is 0.0965. The van der Waals surface area contributed by atoms with E-state index in [1.807, 2.05) is 0 Å². The van der Waals surface area contributed by atoms with Gasteiger partial charge in [0.15, 0.2) is 11.5 Å². The van der Waals surface area contributed by atoms with Gasteiger partial charge in [0.25, 0.3) is 0 Å². The molecular formula is C24H28F2N2O5S. The Morgan fingerprint density at radius 2 is 1.85 bits per heavy atom. The number of sulfonamides is 1. The molecular weight excluding hydrogens is 466 g/mol. The molecule has 0 saturated carbocycles. The van der Waals surface area contributed by atoms with Crippen LogP contribution in [0.15, 0.2) is 47.4 Å². The van der Waals surface area contributed by atoms with Gasteiger partial charge in [0.2, 0.25) is 15.9 Å². The van der Waals surface area contributed by atoms with Crippen LogP contribution in [0.2, 0.25) is 0 Å². The Kier molecular flexibility index (Phi) is 8.62. The number of aryl methyl sites for hydroxylation is 1. The zero-order chi connectivity index (χ0) is 24.7. The number of benzene rings is 2. The third kappa shape index (κ3) is 6.54. The van der Waals surface area contributed by atoms with Crippen molar-refractivity contribution in [3.8, 4) is 11.5 Å². The number of nitrogens with one attached hydrogen (secondary N) is 1.